The summed E-state index contributed by atoms with van der Waals surface area (Å²) >= 11 is 0. The van der Waals surface area contributed by atoms with E-state index < -0.39 is 12.1 Å². The molecular weight excluding hydrogens is 899 g/mol. The van der Waals surface area contributed by atoms with Crippen molar-refractivity contribution in [3.05, 3.63) is 0 Å². The molecule has 0 saturated carbocycles. The van der Waals surface area contributed by atoms with Crippen molar-refractivity contribution in [1.82, 2.24) is 5.32 Å². The minimum absolute atomic E-state index is 0.0183. The van der Waals surface area contributed by atoms with Crippen LogP contribution in [0.5, 0.6) is 0 Å². The molecule has 0 fully saturated rings. The molecular formula is C67H133NO5. The van der Waals surface area contributed by atoms with Crippen LogP contribution in [-0.4, -0.2) is 47.4 Å². The van der Waals surface area contributed by atoms with Crippen molar-refractivity contribution in [3.8, 4) is 0 Å². The summed E-state index contributed by atoms with van der Waals surface area (Å²) in [5.41, 5.74) is 0. The van der Waals surface area contributed by atoms with Gasteiger partial charge in [-0.2, -0.15) is 0 Å². The number of unbranched alkanes of at least 4 members (excludes halogenated alkanes) is 53. The van der Waals surface area contributed by atoms with Gasteiger partial charge in [0, 0.05) is 12.8 Å². The van der Waals surface area contributed by atoms with Crippen LogP contribution in [0.1, 0.15) is 393 Å². The summed E-state index contributed by atoms with van der Waals surface area (Å²) < 4.78 is 5.49. The van der Waals surface area contributed by atoms with Crippen molar-refractivity contribution < 1.29 is 24.5 Å². The van der Waals surface area contributed by atoms with Crippen LogP contribution in [0, 0.1) is 0 Å². The van der Waals surface area contributed by atoms with Crippen molar-refractivity contribution in [2.24, 2.45) is 0 Å². The Hall–Kier alpha value is -1.14. The van der Waals surface area contributed by atoms with Crippen LogP contribution in [-0.2, 0) is 14.3 Å². The molecule has 0 heterocycles. The monoisotopic (exact) mass is 1030 g/mol. The SMILES string of the molecule is CCCCCCCCCCCCCCCCCCCCCC(O)C(CO)NC(=O)CCCCCCCCCCCCCCCCCCCCCCCCCCOC(=O)CCCCCCCCCCCCCCC. The first-order valence-electron chi connectivity index (χ1n) is 33.8. The molecule has 0 saturated heterocycles. The molecule has 0 aliphatic rings. The van der Waals surface area contributed by atoms with Gasteiger partial charge < -0.3 is 20.3 Å². The standard InChI is InChI=1S/C67H133NO5/c1-3-5-7-9-11-13-15-17-18-19-26-29-32-36-39-43-47-51-55-59-65(70)64(63-69)68-66(71)60-56-52-48-44-40-37-33-30-27-24-22-20-21-23-25-28-31-34-38-42-46-50-54-58-62-73-67(72)61-57-53-49-45-41-35-16-14-12-10-8-6-4-2/h64-65,69-70H,3-63H2,1-2H3,(H,68,71). The molecule has 3 N–H and O–H groups in total. The Bertz CT molecular complexity index is 1050. The van der Waals surface area contributed by atoms with E-state index in [1.165, 1.54) is 321 Å². The van der Waals surface area contributed by atoms with E-state index in [9.17, 15) is 19.8 Å². The smallest absolute Gasteiger partial charge is 0.305 e. The number of esters is 1. The Balaban J connectivity index is 3.35. The molecule has 6 nitrogen and oxygen atoms in total. The van der Waals surface area contributed by atoms with Gasteiger partial charge in [0.05, 0.1) is 25.4 Å². The fraction of sp³-hybridized carbons (Fsp3) is 0.970. The van der Waals surface area contributed by atoms with Crippen molar-refractivity contribution >= 4 is 11.9 Å². The van der Waals surface area contributed by atoms with Gasteiger partial charge in [-0.1, -0.05) is 354 Å². The number of hydrogen-bond donors (Lipinski definition) is 3. The highest BCUT2D eigenvalue weighted by atomic mass is 16.5. The highest BCUT2D eigenvalue weighted by Crippen LogP contribution is 2.19. The predicted molar refractivity (Wildman–Crippen MR) is 320 cm³/mol. The summed E-state index contributed by atoms with van der Waals surface area (Å²) in [6, 6.07) is -0.540. The number of nitrogens with one attached hydrogen (secondary N) is 1. The molecule has 0 aliphatic carbocycles. The molecule has 0 rings (SSSR count). The maximum atomic E-state index is 12.5. The fourth-order valence-corrected chi connectivity index (χ4v) is 11.0. The molecule has 2 unspecified atom stereocenters. The van der Waals surface area contributed by atoms with Crippen LogP contribution < -0.4 is 5.32 Å². The summed E-state index contributed by atoms with van der Waals surface area (Å²) in [6.07, 6.45) is 75.6. The Kier molecular flexibility index (Phi) is 62.4. The van der Waals surface area contributed by atoms with Crippen LogP contribution in [0.3, 0.4) is 0 Å². The van der Waals surface area contributed by atoms with Gasteiger partial charge in [-0.15, -0.1) is 0 Å². The van der Waals surface area contributed by atoms with Crippen LogP contribution in [0.4, 0.5) is 0 Å². The normalized spacial score (nSPS) is 12.4. The molecule has 0 radical (unpaired) electrons. The average molecular weight is 1030 g/mol. The Labute approximate surface area is 457 Å². The van der Waals surface area contributed by atoms with E-state index in [0.717, 1.165) is 38.5 Å². The second kappa shape index (κ2) is 63.4. The number of aliphatic hydroxyl groups excluding tert-OH is 2. The van der Waals surface area contributed by atoms with Gasteiger partial charge in [0.25, 0.3) is 0 Å². The average Bonchev–Trinajstić information content (AvgIpc) is 3.39. The van der Waals surface area contributed by atoms with E-state index in [1.807, 2.05) is 0 Å². The minimum Gasteiger partial charge on any atom is -0.466 e. The van der Waals surface area contributed by atoms with Crippen molar-refractivity contribution in [2.75, 3.05) is 13.2 Å². The first kappa shape index (κ1) is 71.9. The molecule has 0 bridgehead atoms. The number of rotatable bonds is 64. The zero-order valence-corrected chi connectivity index (χ0v) is 49.9. The molecule has 6 heteroatoms. The fourth-order valence-electron chi connectivity index (χ4n) is 11.0. The lowest BCUT2D eigenvalue weighted by Gasteiger charge is -2.22. The molecule has 1 amide bonds. The van der Waals surface area contributed by atoms with Crippen LogP contribution in [0.2, 0.25) is 0 Å². The first-order valence-corrected chi connectivity index (χ1v) is 33.8. The van der Waals surface area contributed by atoms with E-state index in [-0.39, 0.29) is 18.5 Å². The zero-order chi connectivity index (χ0) is 52.9. The molecule has 0 aliphatic heterocycles. The van der Waals surface area contributed by atoms with Gasteiger partial charge in [0.2, 0.25) is 5.91 Å². The molecule has 0 aromatic carbocycles. The van der Waals surface area contributed by atoms with Gasteiger partial charge in [0.1, 0.15) is 0 Å². The molecule has 73 heavy (non-hydrogen) atoms. The van der Waals surface area contributed by atoms with Gasteiger partial charge in [-0.05, 0) is 25.7 Å². The third kappa shape index (κ3) is 60.0. The summed E-state index contributed by atoms with van der Waals surface area (Å²) in [5, 5.41) is 23.4. The van der Waals surface area contributed by atoms with E-state index >= 15 is 0 Å². The Morgan fingerprint density at radius 1 is 0.329 bits per heavy atom. The van der Waals surface area contributed by atoms with E-state index in [4.69, 9.17) is 4.74 Å². The number of carbonyl (C=O) groups is 2. The second-order valence-corrected chi connectivity index (χ2v) is 23.5. The lowest BCUT2D eigenvalue weighted by Crippen LogP contribution is -2.45. The first-order chi connectivity index (χ1) is 36.0. The number of aliphatic hydroxyl groups is 2. The summed E-state index contributed by atoms with van der Waals surface area (Å²) in [5.74, 6) is -0.0107. The third-order valence-electron chi connectivity index (χ3n) is 16.2. The molecule has 0 spiro atoms. The highest BCUT2D eigenvalue weighted by Gasteiger charge is 2.20. The van der Waals surface area contributed by atoms with Gasteiger partial charge in [-0.25, -0.2) is 0 Å². The second-order valence-electron chi connectivity index (χ2n) is 23.5. The van der Waals surface area contributed by atoms with Crippen LogP contribution in [0.25, 0.3) is 0 Å². The van der Waals surface area contributed by atoms with E-state index in [2.05, 4.69) is 19.2 Å². The number of carbonyl (C=O) groups excluding carboxylic acids is 2. The van der Waals surface area contributed by atoms with Crippen LogP contribution in [0.15, 0.2) is 0 Å². The maximum absolute atomic E-state index is 12.5. The van der Waals surface area contributed by atoms with E-state index in [1.54, 1.807) is 0 Å². The number of amides is 1. The zero-order valence-electron chi connectivity index (χ0n) is 49.9. The van der Waals surface area contributed by atoms with Gasteiger partial charge >= 0.3 is 5.97 Å². The van der Waals surface area contributed by atoms with Crippen molar-refractivity contribution in [1.29, 1.82) is 0 Å². The largest absolute Gasteiger partial charge is 0.466 e. The molecule has 0 aromatic rings. The van der Waals surface area contributed by atoms with Gasteiger partial charge in [-0.3, -0.25) is 9.59 Å². The summed E-state index contributed by atoms with van der Waals surface area (Å²) in [6.45, 7) is 5.00. The highest BCUT2D eigenvalue weighted by molar-refractivity contribution is 5.76. The van der Waals surface area contributed by atoms with E-state index in [0.29, 0.717) is 25.9 Å². The Morgan fingerprint density at radius 3 is 0.836 bits per heavy atom. The summed E-state index contributed by atoms with van der Waals surface area (Å²) in [7, 11) is 0. The maximum Gasteiger partial charge on any atom is 0.305 e. The lowest BCUT2D eigenvalue weighted by atomic mass is 10.0. The molecule has 0 aromatic heterocycles. The quantitative estimate of drug-likeness (QED) is 0.0417. The third-order valence-corrected chi connectivity index (χ3v) is 16.2. The summed E-state index contributed by atoms with van der Waals surface area (Å²) in [4.78, 5) is 24.6. The lowest BCUT2D eigenvalue weighted by molar-refractivity contribution is -0.143. The molecule has 436 valence electrons. The van der Waals surface area contributed by atoms with Crippen molar-refractivity contribution in [3.63, 3.8) is 0 Å². The van der Waals surface area contributed by atoms with Crippen molar-refractivity contribution in [2.45, 2.75) is 405 Å². The topological polar surface area (TPSA) is 95.9 Å². The minimum atomic E-state index is -0.663. The Morgan fingerprint density at radius 2 is 0.562 bits per heavy atom. The van der Waals surface area contributed by atoms with Gasteiger partial charge in [0.15, 0.2) is 0 Å². The van der Waals surface area contributed by atoms with Crippen LogP contribution >= 0.6 is 0 Å². The predicted octanol–water partition coefficient (Wildman–Crippen LogP) is 21.4. The number of hydrogen-bond acceptors (Lipinski definition) is 5. The number of ether oxygens (including phenoxy) is 1. The molecule has 2 atom stereocenters.